The second-order valence-corrected chi connectivity index (χ2v) is 9.42. The molecule has 5 nitrogen and oxygen atoms in total. The van der Waals surface area contributed by atoms with Gasteiger partial charge in [-0.1, -0.05) is 68.9 Å². The average Bonchev–Trinajstić information content (AvgIpc) is 3.24. The van der Waals surface area contributed by atoms with Gasteiger partial charge in [-0.3, -0.25) is 10.1 Å². The molecular weight excluding hydrogens is 458 g/mol. The highest BCUT2D eigenvalue weighted by Gasteiger charge is 2.19. The molecule has 0 spiro atoms. The predicted molar refractivity (Wildman–Crippen MR) is 117 cm³/mol. The average molecular weight is 474 g/mol. The molecule has 0 radical (unpaired) electrons. The van der Waals surface area contributed by atoms with Gasteiger partial charge in [0.2, 0.25) is 5.13 Å². The smallest absolute Gasteiger partial charge is 0.293 e. The van der Waals surface area contributed by atoms with E-state index in [1.807, 2.05) is 31.2 Å². The van der Waals surface area contributed by atoms with Gasteiger partial charge in [0.05, 0.1) is 0 Å². The van der Waals surface area contributed by atoms with Crippen LogP contribution < -0.4 is 5.32 Å². The van der Waals surface area contributed by atoms with Crippen LogP contribution in [0, 0.1) is 13.8 Å². The highest BCUT2D eigenvalue weighted by Crippen LogP contribution is 2.31. The highest BCUT2D eigenvalue weighted by atomic mass is 79.9. The van der Waals surface area contributed by atoms with Crippen LogP contribution in [0.2, 0.25) is 0 Å². The van der Waals surface area contributed by atoms with Gasteiger partial charge in [-0.25, -0.2) is 0 Å². The zero-order valence-corrected chi connectivity index (χ0v) is 18.4. The van der Waals surface area contributed by atoms with Gasteiger partial charge < -0.3 is 4.42 Å². The molecule has 4 aromatic rings. The number of thioether (sulfide) groups is 1. The molecule has 2 aromatic heterocycles. The van der Waals surface area contributed by atoms with Crippen LogP contribution in [0.4, 0.5) is 5.13 Å². The van der Waals surface area contributed by atoms with Crippen molar-refractivity contribution in [3.8, 4) is 0 Å². The molecule has 2 aromatic carbocycles. The van der Waals surface area contributed by atoms with Gasteiger partial charge in [-0.15, -0.1) is 10.2 Å². The summed E-state index contributed by atoms with van der Waals surface area (Å²) in [6.07, 6.45) is 0. The molecule has 8 heteroatoms. The Morgan fingerprint density at radius 3 is 2.89 bits per heavy atom. The number of fused-ring (bicyclic) bond motifs is 1. The molecule has 0 fully saturated rings. The SMILES string of the molecule is Cc1cccc(CSc2nnc(NC(=O)c3oc4cc(Br)ccc4c3C)s2)c1. The van der Waals surface area contributed by atoms with Gasteiger partial charge in [0.1, 0.15) is 5.58 Å². The van der Waals surface area contributed by atoms with Crippen LogP contribution in [-0.2, 0) is 5.75 Å². The van der Waals surface area contributed by atoms with Crippen LogP contribution >= 0.6 is 39.0 Å². The first-order chi connectivity index (χ1) is 13.5. The van der Waals surface area contributed by atoms with Crippen molar-refractivity contribution in [3.63, 3.8) is 0 Å². The lowest BCUT2D eigenvalue weighted by Crippen LogP contribution is -2.11. The van der Waals surface area contributed by atoms with Gasteiger partial charge in [0.15, 0.2) is 10.1 Å². The largest absolute Gasteiger partial charge is 0.451 e. The fourth-order valence-corrected chi connectivity index (χ4v) is 4.87. The van der Waals surface area contributed by atoms with Crippen molar-refractivity contribution in [1.82, 2.24) is 10.2 Å². The number of nitrogens with one attached hydrogen (secondary N) is 1. The highest BCUT2D eigenvalue weighted by molar-refractivity contribution is 9.10. The number of aromatic nitrogens is 2. The van der Waals surface area contributed by atoms with E-state index in [2.05, 4.69) is 56.6 Å². The summed E-state index contributed by atoms with van der Waals surface area (Å²) in [6.45, 7) is 3.95. The third kappa shape index (κ3) is 4.14. The van der Waals surface area contributed by atoms with Gasteiger partial charge >= 0.3 is 0 Å². The van der Waals surface area contributed by atoms with E-state index in [-0.39, 0.29) is 11.7 Å². The fourth-order valence-electron chi connectivity index (χ4n) is 2.84. The zero-order valence-electron chi connectivity index (χ0n) is 15.2. The van der Waals surface area contributed by atoms with E-state index in [0.29, 0.717) is 10.7 Å². The Labute approximate surface area is 178 Å². The lowest BCUT2D eigenvalue weighted by molar-refractivity contribution is 0.0998. The summed E-state index contributed by atoms with van der Waals surface area (Å²) in [5.41, 5.74) is 3.94. The number of halogens is 1. The van der Waals surface area contributed by atoms with E-state index >= 15 is 0 Å². The minimum Gasteiger partial charge on any atom is -0.451 e. The van der Waals surface area contributed by atoms with E-state index in [0.717, 1.165) is 25.5 Å². The van der Waals surface area contributed by atoms with Crippen LogP contribution in [0.5, 0.6) is 0 Å². The maximum absolute atomic E-state index is 12.6. The minimum absolute atomic E-state index is 0.289. The summed E-state index contributed by atoms with van der Waals surface area (Å²) in [5, 5.41) is 12.4. The second-order valence-electron chi connectivity index (χ2n) is 6.30. The summed E-state index contributed by atoms with van der Waals surface area (Å²) in [6, 6.07) is 14.1. The number of rotatable bonds is 5. The first kappa shape index (κ1) is 19.2. The normalized spacial score (nSPS) is 11.1. The third-order valence-corrected chi connectivity index (χ3v) is 6.71. The maximum atomic E-state index is 12.6. The van der Waals surface area contributed by atoms with Gasteiger partial charge in [-0.2, -0.15) is 0 Å². The minimum atomic E-state index is -0.323. The number of carbonyl (C=O) groups excluding carboxylic acids is 1. The molecule has 1 N–H and O–H groups in total. The Hall–Kier alpha value is -2.16. The number of aryl methyl sites for hydroxylation is 2. The Morgan fingerprint density at radius 1 is 1.21 bits per heavy atom. The summed E-state index contributed by atoms with van der Waals surface area (Å²) in [4.78, 5) is 12.6. The lowest BCUT2D eigenvalue weighted by atomic mass is 10.1. The standard InChI is InChI=1S/C20H16BrN3O2S2/c1-11-4-3-5-13(8-11)10-27-20-24-23-19(28-20)22-18(25)17-12(2)15-7-6-14(21)9-16(15)26-17/h3-9H,10H2,1-2H3,(H,22,23,25). The van der Waals surface area contributed by atoms with E-state index in [1.165, 1.54) is 22.5 Å². The number of carbonyl (C=O) groups is 1. The number of hydrogen-bond donors (Lipinski definition) is 1. The van der Waals surface area contributed by atoms with Crippen LogP contribution in [0.1, 0.15) is 27.2 Å². The molecule has 0 aliphatic rings. The molecule has 0 aliphatic heterocycles. The van der Waals surface area contributed by atoms with Crippen molar-refractivity contribution < 1.29 is 9.21 Å². The molecule has 0 unspecified atom stereocenters. The number of nitrogens with zero attached hydrogens (tertiary/aromatic N) is 2. The Kier molecular flexibility index (Phi) is 5.52. The van der Waals surface area contributed by atoms with Crippen LogP contribution in [0.3, 0.4) is 0 Å². The van der Waals surface area contributed by atoms with Gasteiger partial charge in [-0.05, 0) is 37.6 Å². The molecule has 2 heterocycles. The molecule has 0 saturated heterocycles. The van der Waals surface area contributed by atoms with Crippen LogP contribution in [-0.4, -0.2) is 16.1 Å². The van der Waals surface area contributed by atoms with Crippen molar-refractivity contribution in [2.45, 2.75) is 23.9 Å². The van der Waals surface area contributed by atoms with Crippen molar-refractivity contribution in [2.75, 3.05) is 5.32 Å². The summed E-state index contributed by atoms with van der Waals surface area (Å²) < 4.78 is 7.46. The first-order valence-corrected chi connectivity index (χ1v) is 11.1. The number of furan rings is 1. The second kappa shape index (κ2) is 8.06. The number of hydrogen-bond acceptors (Lipinski definition) is 6. The number of amides is 1. The molecule has 0 aliphatic carbocycles. The van der Waals surface area contributed by atoms with Crippen LogP contribution in [0.15, 0.2) is 55.7 Å². The summed E-state index contributed by atoms with van der Waals surface area (Å²) in [5.74, 6) is 0.774. The molecule has 0 saturated carbocycles. The topological polar surface area (TPSA) is 68.0 Å². The van der Waals surface area contributed by atoms with Crippen LogP contribution in [0.25, 0.3) is 11.0 Å². The number of anilines is 1. The molecule has 4 rings (SSSR count). The molecule has 1 amide bonds. The third-order valence-electron chi connectivity index (χ3n) is 4.18. The molecule has 28 heavy (non-hydrogen) atoms. The van der Waals surface area contributed by atoms with E-state index in [1.54, 1.807) is 11.8 Å². The Balaban J connectivity index is 1.45. The quantitative estimate of drug-likeness (QED) is 0.275. The predicted octanol–water partition coefficient (Wildman–Crippen LogP) is 6.21. The van der Waals surface area contributed by atoms with E-state index in [9.17, 15) is 4.79 Å². The molecular formula is C20H16BrN3O2S2. The fraction of sp³-hybridized carbons (Fsp3) is 0.150. The zero-order chi connectivity index (χ0) is 19.7. The molecule has 142 valence electrons. The maximum Gasteiger partial charge on any atom is 0.293 e. The van der Waals surface area contributed by atoms with E-state index in [4.69, 9.17) is 4.42 Å². The van der Waals surface area contributed by atoms with Gasteiger partial charge in [0, 0.05) is 21.2 Å². The summed E-state index contributed by atoms with van der Waals surface area (Å²) in [7, 11) is 0. The Bertz CT molecular complexity index is 1170. The number of benzene rings is 2. The molecule has 0 atom stereocenters. The van der Waals surface area contributed by atoms with Gasteiger partial charge in [0.25, 0.3) is 5.91 Å². The monoisotopic (exact) mass is 473 g/mol. The first-order valence-electron chi connectivity index (χ1n) is 8.51. The van der Waals surface area contributed by atoms with E-state index < -0.39 is 0 Å². The van der Waals surface area contributed by atoms with Crippen molar-refractivity contribution in [3.05, 3.63) is 69.4 Å². The lowest BCUT2D eigenvalue weighted by Gasteiger charge is -2.00. The van der Waals surface area contributed by atoms with Crippen molar-refractivity contribution >= 4 is 61.0 Å². The molecule has 0 bridgehead atoms. The Morgan fingerprint density at radius 2 is 2.07 bits per heavy atom. The summed E-state index contributed by atoms with van der Waals surface area (Å²) >= 11 is 6.37. The van der Waals surface area contributed by atoms with Crippen molar-refractivity contribution in [1.29, 1.82) is 0 Å². The van der Waals surface area contributed by atoms with Crippen molar-refractivity contribution in [2.24, 2.45) is 0 Å².